The van der Waals surface area contributed by atoms with E-state index in [9.17, 15) is 9.59 Å². The number of carbonyl (C=O) groups excluding carboxylic acids is 1. The van der Waals surface area contributed by atoms with Crippen molar-refractivity contribution in [2.24, 2.45) is 0 Å². The van der Waals surface area contributed by atoms with Crippen molar-refractivity contribution in [3.63, 3.8) is 0 Å². The van der Waals surface area contributed by atoms with Crippen LogP contribution in [-0.2, 0) is 16.1 Å². The number of nitrogens with one attached hydrogen (secondary N) is 1. The topological polar surface area (TPSA) is 69.6 Å². The van der Waals surface area contributed by atoms with Crippen molar-refractivity contribution in [2.75, 3.05) is 19.4 Å². The minimum atomic E-state index is -1.13. The van der Waals surface area contributed by atoms with E-state index in [0.717, 1.165) is 5.56 Å². The molecule has 92 valence electrons. The first-order valence-corrected chi connectivity index (χ1v) is 5.23. The van der Waals surface area contributed by atoms with E-state index in [1.165, 1.54) is 0 Å². The van der Waals surface area contributed by atoms with Crippen molar-refractivity contribution in [3.05, 3.63) is 29.8 Å². The Kier molecular flexibility index (Phi) is 4.66. The number of carbonyl (C=O) groups is 2. The maximum absolute atomic E-state index is 11.4. The van der Waals surface area contributed by atoms with Crippen LogP contribution >= 0.6 is 0 Å². The first-order valence-electron chi connectivity index (χ1n) is 5.23. The zero-order valence-corrected chi connectivity index (χ0v) is 9.93. The van der Waals surface area contributed by atoms with Crippen LogP contribution in [0.4, 0.5) is 5.69 Å². The van der Waals surface area contributed by atoms with Gasteiger partial charge < -0.3 is 15.3 Å². The molecule has 0 unspecified atom stereocenters. The summed E-state index contributed by atoms with van der Waals surface area (Å²) in [5, 5.41) is 11.1. The number of nitrogens with zero attached hydrogens (tertiary/aromatic N) is 1. The quantitative estimate of drug-likeness (QED) is 0.753. The molecule has 1 rings (SSSR count). The van der Waals surface area contributed by atoms with E-state index in [1.807, 2.05) is 31.1 Å². The van der Waals surface area contributed by atoms with E-state index in [0.29, 0.717) is 12.2 Å². The number of carboxylic acids is 1. The van der Waals surface area contributed by atoms with E-state index >= 15 is 0 Å². The highest BCUT2D eigenvalue weighted by atomic mass is 16.4. The molecule has 0 aromatic heterocycles. The number of rotatable bonds is 5. The SMILES string of the molecule is CN(C)Cc1ccccc1NC(=O)CC(=O)O. The Hall–Kier alpha value is -1.88. The Labute approximate surface area is 100 Å². The summed E-state index contributed by atoms with van der Waals surface area (Å²) >= 11 is 0. The zero-order valence-electron chi connectivity index (χ0n) is 9.93. The van der Waals surface area contributed by atoms with Crippen molar-refractivity contribution in [1.29, 1.82) is 0 Å². The highest BCUT2D eigenvalue weighted by Gasteiger charge is 2.10. The summed E-state index contributed by atoms with van der Waals surface area (Å²) in [5.41, 5.74) is 1.61. The monoisotopic (exact) mass is 236 g/mol. The van der Waals surface area contributed by atoms with Crippen LogP contribution in [-0.4, -0.2) is 36.0 Å². The molecule has 0 radical (unpaired) electrons. The van der Waals surface area contributed by atoms with Gasteiger partial charge in [-0.15, -0.1) is 0 Å². The molecule has 0 aliphatic rings. The fourth-order valence-electron chi connectivity index (χ4n) is 1.45. The van der Waals surface area contributed by atoms with Gasteiger partial charge in [-0.25, -0.2) is 0 Å². The van der Waals surface area contributed by atoms with Crippen molar-refractivity contribution in [1.82, 2.24) is 4.90 Å². The van der Waals surface area contributed by atoms with Crippen LogP contribution in [0.2, 0.25) is 0 Å². The van der Waals surface area contributed by atoms with Crippen LogP contribution in [0, 0.1) is 0 Å². The summed E-state index contributed by atoms with van der Waals surface area (Å²) in [5.74, 6) is -1.64. The number of hydrogen-bond acceptors (Lipinski definition) is 3. The third-order valence-electron chi connectivity index (χ3n) is 2.09. The third-order valence-corrected chi connectivity index (χ3v) is 2.09. The van der Waals surface area contributed by atoms with Gasteiger partial charge in [0.25, 0.3) is 0 Å². The van der Waals surface area contributed by atoms with E-state index in [-0.39, 0.29) is 0 Å². The smallest absolute Gasteiger partial charge is 0.312 e. The molecule has 0 saturated heterocycles. The Morgan fingerprint density at radius 3 is 2.53 bits per heavy atom. The predicted molar refractivity (Wildman–Crippen MR) is 64.7 cm³/mol. The highest BCUT2D eigenvalue weighted by Crippen LogP contribution is 2.16. The van der Waals surface area contributed by atoms with Gasteiger partial charge in [-0.1, -0.05) is 18.2 Å². The lowest BCUT2D eigenvalue weighted by Crippen LogP contribution is -2.18. The molecular weight excluding hydrogens is 220 g/mol. The molecule has 0 bridgehead atoms. The lowest BCUT2D eigenvalue weighted by molar-refractivity contribution is -0.139. The molecule has 2 N–H and O–H groups in total. The van der Waals surface area contributed by atoms with Gasteiger partial charge >= 0.3 is 5.97 Å². The fourth-order valence-corrected chi connectivity index (χ4v) is 1.45. The second-order valence-corrected chi connectivity index (χ2v) is 4.01. The van der Waals surface area contributed by atoms with E-state index < -0.39 is 18.3 Å². The molecule has 0 atom stereocenters. The second kappa shape index (κ2) is 6.00. The van der Waals surface area contributed by atoms with E-state index in [4.69, 9.17) is 5.11 Å². The lowest BCUT2D eigenvalue weighted by Gasteiger charge is -2.14. The Morgan fingerprint density at radius 1 is 1.29 bits per heavy atom. The zero-order chi connectivity index (χ0) is 12.8. The fraction of sp³-hybridized carbons (Fsp3) is 0.333. The maximum atomic E-state index is 11.4. The number of hydrogen-bond donors (Lipinski definition) is 2. The van der Waals surface area contributed by atoms with Crippen LogP contribution in [0.5, 0.6) is 0 Å². The Balaban J connectivity index is 2.76. The maximum Gasteiger partial charge on any atom is 0.312 e. The van der Waals surface area contributed by atoms with Crippen molar-refractivity contribution in [3.8, 4) is 0 Å². The molecule has 0 saturated carbocycles. The van der Waals surface area contributed by atoms with Crippen LogP contribution < -0.4 is 5.32 Å². The van der Waals surface area contributed by atoms with Gasteiger partial charge in [0.2, 0.25) is 5.91 Å². The van der Waals surface area contributed by atoms with Crippen LogP contribution in [0.15, 0.2) is 24.3 Å². The number of aliphatic carboxylic acids is 1. The van der Waals surface area contributed by atoms with Crippen LogP contribution in [0.3, 0.4) is 0 Å². The second-order valence-electron chi connectivity index (χ2n) is 4.01. The summed E-state index contributed by atoms with van der Waals surface area (Å²) in [7, 11) is 3.85. The molecule has 5 heteroatoms. The van der Waals surface area contributed by atoms with Gasteiger partial charge in [0, 0.05) is 12.2 Å². The molecule has 1 amide bonds. The molecule has 0 fully saturated rings. The number of para-hydroxylation sites is 1. The molecule has 1 aromatic carbocycles. The van der Waals surface area contributed by atoms with Crippen LogP contribution in [0.25, 0.3) is 0 Å². The summed E-state index contributed by atoms with van der Waals surface area (Å²) in [6, 6.07) is 7.34. The largest absolute Gasteiger partial charge is 0.481 e. The van der Waals surface area contributed by atoms with Gasteiger partial charge in [-0.05, 0) is 25.7 Å². The molecule has 0 heterocycles. The first-order chi connectivity index (χ1) is 7.99. The molecule has 0 spiro atoms. The molecule has 5 nitrogen and oxygen atoms in total. The molecule has 17 heavy (non-hydrogen) atoms. The summed E-state index contributed by atoms with van der Waals surface area (Å²) in [4.78, 5) is 23.7. The summed E-state index contributed by atoms with van der Waals surface area (Å²) in [6.07, 6.45) is -0.518. The molecular formula is C12H16N2O3. The summed E-state index contributed by atoms with van der Waals surface area (Å²) < 4.78 is 0. The van der Waals surface area contributed by atoms with Gasteiger partial charge in [-0.2, -0.15) is 0 Å². The lowest BCUT2D eigenvalue weighted by atomic mass is 10.1. The molecule has 1 aromatic rings. The number of anilines is 1. The van der Waals surface area contributed by atoms with Gasteiger partial charge in [0.1, 0.15) is 6.42 Å². The van der Waals surface area contributed by atoms with Crippen molar-refractivity contribution in [2.45, 2.75) is 13.0 Å². The minimum Gasteiger partial charge on any atom is -0.481 e. The summed E-state index contributed by atoms with van der Waals surface area (Å²) in [6.45, 7) is 0.684. The minimum absolute atomic E-state index is 0.510. The number of amides is 1. The predicted octanol–water partition coefficient (Wildman–Crippen LogP) is 1.16. The van der Waals surface area contributed by atoms with Crippen molar-refractivity contribution < 1.29 is 14.7 Å². The number of benzene rings is 1. The van der Waals surface area contributed by atoms with Crippen LogP contribution in [0.1, 0.15) is 12.0 Å². The van der Waals surface area contributed by atoms with Gasteiger partial charge in [0.05, 0.1) is 0 Å². The van der Waals surface area contributed by atoms with Gasteiger partial charge in [-0.3, -0.25) is 9.59 Å². The van der Waals surface area contributed by atoms with Gasteiger partial charge in [0.15, 0.2) is 0 Å². The van der Waals surface area contributed by atoms with E-state index in [1.54, 1.807) is 12.1 Å². The molecule has 0 aliphatic heterocycles. The Bertz CT molecular complexity index is 416. The third kappa shape index (κ3) is 4.65. The molecule has 0 aliphatic carbocycles. The Morgan fingerprint density at radius 2 is 1.94 bits per heavy atom. The number of carboxylic acid groups (broad SMARTS) is 1. The first kappa shape index (κ1) is 13.2. The average molecular weight is 236 g/mol. The normalized spacial score (nSPS) is 10.3. The average Bonchev–Trinajstić information content (AvgIpc) is 2.18. The van der Waals surface area contributed by atoms with Crippen molar-refractivity contribution >= 4 is 17.6 Å². The van der Waals surface area contributed by atoms with E-state index in [2.05, 4.69) is 5.32 Å². The highest BCUT2D eigenvalue weighted by molar-refractivity contribution is 6.01. The standard InChI is InChI=1S/C12H16N2O3/c1-14(2)8-9-5-3-4-6-10(9)13-11(15)7-12(16)17/h3-6H,7-8H2,1-2H3,(H,13,15)(H,16,17).